The SMILES string of the molecule is CCOC(C)(C)C(=O)NCCN1CCCCC1CO. The molecule has 0 spiro atoms. The topological polar surface area (TPSA) is 61.8 Å². The van der Waals surface area contributed by atoms with Crippen LogP contribution in [0.1, 0.15) is 40.0 Å². The molecule has 0 saturated carbocycles. The van der Waals surface area contributed by atoms with Crippen molar-refractivity contribution in [1.29, 1.82) is 0 Å². The number of aliphatic hydroxyl groups is 1. The van der Waals surface area contributed by atoms with Gasteiger partial charge in [0.15, 0.2) is 0 Å². The normalized spacial score (nSPS) is 21.4. The Balaban J connectivity index is 2.31. The first-order chi connectivity index (χ1) is 9.01. The van der Waals surface area contributed by atoms with E-state index in [4.69, 9.17) is 4.74 Å². The fourth-order valence-electron chi connectivity index (χ4n) is 2.51. The summed E-state index contributed by atoms with van der Waals surface area (Å²) >= 11 is 0. The third-order valence-electron chi connectivity index (χ3n) is 3.70. The van der Waals surface area contributed by atoms with Gasteiger partial charge in [-0.3, -0.25) is 9.69 Å². The molecule has 0 radical (unpaired) electrons. The van der Waals surface area contributed by atoms with Crippen molar-refractivity contribution in [1.82, 2.24) is 10.2 Å². The Bertz CT molecular complexity index is 282. The highest BCUT2D eigenvalue weighted by atomic mass is 16.5. The van der Waals surface area contributed by atoms with Crippen LogP contribution in [-0.4, -0.2) is 60.4 Å². The van der Waals surface area contributed by atoms with Gasteiger partial charge in [-0.1, -0.05) is 6.42 Å². The molecule has 112 valence electrons. The molecule has 19 heavy (non-hydrogen) atoms. The number of piperidine rings is 1. The van der Waals surface area contributed by atoms with Gasteiger partial charge in [-0.25, -0.2) is 0 Å². The second-order valence-corrected chi connectivity index (χ2v) is 5.57. The standard InChI is InChI=1S/C14H28N2O3/c1-4-19-14(2,3)13(18)15-8-10-16-9-6-5-7-12(16)11-17/h12,17H,4-11H2,1-3H3,(H,15,18). The highest BCUT2D eigenvalue weighted by molar-refractivity contribution is 5.84. The first-order valence-corrected chi connectivity index (χ1v) is 7.28. The van der Waals surface area contributed by atoms with Gasteiger partial charge in [0.1, 0.15) is 5.60 Å². The summed E-state index contributed by atoms with van der Waals surface area (Å²) in [5, 5.41) is 12.2. The predicted molar refractivity (Wildman–Crippen MR) is 75.0 cm³/mol. The van der Waals surface area contributed by atoms with Crippen LogP contribution in [0.25, 0.3) is 0 Å². The van der Waals surface area contributed by atoms with Crippen molar-refractivity contribution < 1.29 is 14.6 Å². The number of nitrogens with zero attached hydrogens (tertiary/aromatic N) is 1. The van der Waals surface area contributed by atoms with Crippen LogP contribution in [0.5, 0.6) is 0 Å². The van der Waals surface area contributed by atoms with Crippen LogP contribution < -0.4 is 5.32 Å². The number of hydrogen-bond donors (Lipinski definition) is 2. The zero-order valence-corrected chi connectivity index (χ0v) is 12.4. The maximum absolute atomic E-state index is 11.9. The minimum Gasteiger partial charge on any atom is -0.395 e. The molecule has 1 aliphatic rings. The van der Waals surface area contributed by atoms with Crippen molar-refractivity contribution in [2.75, 3.05) is 32.8 Å². The predicted octanol–water partition coefficient (Wildman–Crippen LogP) is 0.765. The molecule has 0 aliphatic carbocycles. The van der Waals surface area contributed by atoms with Crippen LogP contribution in [-0.2, 0) is 9.53 Å². The summed E-state index contributed by atoms with van der Waals surface area (Å²) in [7, 11) is 0. The number of carbonyl (C=O) groups excluding carboxylic acids is 1. The Hall–Kier alpha value is -0.650. The molecule has 0 aromatic carbocycles. The summed E-state index contributed by atoms with van der Waals surface area (Å²) in [5.74, 6) is -0.0769. The van der Waals surface area contributed by atoms with Crippen molar-refractivity contribution >= 4 is 5.91 Å². The maximum Gasteiger partial charge on any atom is 0.251 e. The lowest BCUT2D eigenvalue weighted by Gasteiger charge is -2.34. The van der Waals surface area contributed by atoms with Crippen LogP contribution in [0.2, 0.25) is 0 Å². The fourth-order valence-corrected chi connectivity index (χ4v) is 2.51. The number of rotatable bonds is 7. The summed E-state index contributed by atoms with van der Waals surface area (Å²) in [6.07, 6.45) is 3.41. The van der Waals surface area contributed by atoms with Crippen LogP contribution in [0.3, 0.4) is 0 Å². The van der Waals surface area contributed by atoms with Gasteiger partial charge in [0.25, 0.3) is 5.91 Å². The third-order valence-corrected chi connectivity index (χ3v) is 3.70. The summed E-state index contributed by atoms with van der Waals surface area (Å²) in [6, 6.07) is 0.255. The molecule has 0 aromatic rings. The largest absolute Gasteiger partial charge is 0.395 e. The zero-order chi connectivity index (χ0) is 14.3. The van der Waals surface area contributed by atoms with Crippen molar-refractivity contribution in [3.05, 3.63) is 0 Å². The highest BCUT2D eigenvalue weighted by Gasteiger charge is 2.28. The molecule has 5 nitrogen and oxygen atoms in total. The van der Waals surface area contributed by atoms with Gasteiger partial charge in [-0.2, -0.15) is 0 Å². The molecule has 0 aromatic heterocycles. The number of carbonyl (C=O) groups is 1. The lowest BCUT2D eigenvalue weighted by atomic mass is 10.0. The van der Waals surface area contributed by atoms with E-state index in [2.05, 4.69) is 10.2 Å². The van der Waals surface area contributed by atoms with E-state index in [1.54, 1.807) is 13.8 Å². The monoisotopic (exact) mass is 272 g/mol. The molecular formula is C14H28N2O3. The second kappa shape index (κ2) is 7.82. The Morgan fingerprint density at radius 3 is 2.84 bits per heavy atom. The third kappa shape index (κ3) is 5.09. The first kappa shape index (κ1) is 16.4. The lowest BCUT2D eigenvalue weighted by molar-refractivity contribution is -0.142. The van der Waals surface area contributed by atoms with E-state index in [9.17, 15) is 9.90 Å². The molecule has 0 bridgehead atoms. The Kier molecular flexibility index (Phi) is 6.75. The van der Waals surface area contributed by atoms with Crippen LogP contribution in [0.4, 0.5) is 0 Å². The van der Waals surface area contributed by atoms with Crippen molar-refractivity contribution in [2.24, 2.45) is 0 Å². The fraction of sp³-hybridized carbons (Fsp3) is 0.929. The Labute approximate surface area is 116 Å². The first-order valence-electron chi connectivity index (χ1n) is 7.28. The molecule has 1 unspecified atom stereocenters. The molecule has 1 fully saturated rings. The van der Waals surface area contributed by atoms with E-state index in [0.717, 1.165) is 19.5 Å². The van der Waals surface area contributed by atoms with Gasteiger partial charge in [0.05, 0.1) is 6.61 Å². The van der Waals surface area contributed by atoms with E-state index in [1.165, 1.54) is 12.8 Å². The van der Waals surface area contributed by atoms with Crippen molar-refractivity contribution in [2.45, 2.75) is 51.7 Å². The van der Waals surface area contributed by atoms with E-state index >= 15 is 0 Å². The lowest BCUT2D eigenvalue weighted by Crippen LogP contribution is -2.49. The van der Waals surface area contributed by atoms with E-state index < -0.39 is 5.60 Å². The Morgan fingerprint density at radius 2 is 2.21 bits per heavy atom. The van der Waals surface area contributed by atoms with Crippen LogP contribution in [0.15, 0.2) is 0 Å². The highest BCUT2D eigenvalue weighted by Crippen LogP contribution is 2.15. The van der Waals surface area contributed by atoms with E-state index in [1.807, 2.05) is 6.92 Å². The molecule has 1 amide bonds. The number of aliphatic hydroxyl groups excluding tert-OH is 1. The summed E-state index contributed by atoms with van der Waals surface area (Å²) in [6.45, 7) is 8.58. The average molecular weight is 272 g/mol. The van der Waals surface area contributed by atoms with Gasteiger partial charge in [-0.05, 0) is 40.2 Å². The minimum atomic E-state index is -0.771. The average Bonchev–Trinajstić information content (AvgIpc) is 2.39. The van der Waals surface area contributed by atoms with Gasteiger partial charge in [0, 0.05) is 25.7 Å². The molecular weight excluding hydrogens is 244 g/mol. The van der Waals surface area contributed by atoms with Crippen LogP contribution >= 0.6 is 0 Å². The molecule has 1 heterocycles. The molecule has 5 heteroatoms. The maximum atomic E-state index is 11.9. The summed E-state index contributed by atoms with van der Waals surface area (Å²) in [4.78, 5) is 14.2. The number of hydrogen-bond acceptors (Lipinski definition) is 4. The number of amides is 1. The van der Waals surface area contributed by atoms with Gasteiger partial charge in [0.2, 0.25) is 0 Å². The molecule has 2 N–H and O–H groups in total. The zero-order valence-electron chi connectivity index (χ0n) is 12.4. The van der Waals surface area contributed by atoms with Gasteiger partial charge < -0.3 is 15.2 Å². The van der Waals surface area contributed by atoms with Crippen molar-refractivity contribution in [3.63, 3.8) is 0 Å². The molecule has 1 saturated heterocycles. The van der Waals surface area contributed by atoms with E-state index in [0.29, 0.717) is 13.2 Å². The van der Waals surface area contributed by atoms with Gasteiger partial charge >= 0.3 is 0 Å². The Morgan fingerprint density at radius 1 is 1.47 bits per heavy atom. The minimum absolute atomic E-state index is 0.0769. The number of nitrogens with one attached hydrogen (secondary N) is 1. The smallest absolute Gasteiger partial charge is 0.251 e. The van der Waals surface area contributed by atoms with Crippen LogP contribution in [0, 0.1) is 0 Å². The molecule has 1 atom stereocenters. The number of ether oxygens (including phenoxy) is 1. The quantitative estimate of drug-likeness (QED) is 0.718. The molecule has 1 aliphatic heterocycles. The van der Waals surface area contributed by atoms with Gasteiger partial charge in [-0.15, -0.1) is 0 Å². The summed E-state index contributed by atoms with van der Waals surface area (Å²) < 4.78 is 5.41. The van der Waals surface area contributed by atoms with E-state index in [-0.39, 0.29) is 18.6 Å². The number of likely N-dealkylation sites (tertiary alicyclic amines) is 1. The summed E-state index contributed by atoms with van der Waals surface area (Å²) in [5.41, 5.74) is -0.771. The molecule has 1 rings (SSSR count). The van der Waals surface area contributed by atoms with Crippen molar-refractivity contribution in [3.8, 4) is 0 Å². The second-order valence-electron chi connectivity index (χ2n) is 5.57.